The Kier molecular flexibility index (Phi) is 20.5. The minimum Gasteiger partial charge on any atom is -0.380 e. The Balaban J connectivity index is 0.000000186. The Morgan fingerprint density at radius 3 is 1.53 bits per heavy atom. The maximum Gasteiger partial charge on any atom is 0.114 e. The number of aromatic nitrogens is 1. The summed E-state index contributed by atoms with van der Waals surface area (Å²) in [6.45, 7) is 7.41. The molecule has 7 heteroatoms. The highest BCUT2D eigenvalue weighted by atomic mass is 16.5. The summed E-state index contributed by atoms with van der Waals surface area (Å²) < 4.78 is 16.9. The van der Waals surface area contributed by atoms with E-state index >= 15 is 0 Å². The number of ether oxygens (including phenoxy) is 3. The van der Waals surface area contributed by atoms with Crippen molar-refractivity contribution in [1.82, 2.24) is 20.9 Å². The molecule has 0 radical (unpaired) electrons. The summed E-state index contributed by atoms with van der Waals surface area (Å²) in [5, 5.41) is 10.7. The van der Waals surface area contributed by atoms with Crippen molar-refractivity contribution in [2.75, 3.05) is 41.0 Å². The zero-order valence-corrected chi connectivity index (χ0v) is 30.4. The fraction of sp³-hybridized carbons (Fsp3) is 0.725. The van der Waals surface area contributed by atoms with E-state index < -0.39 is 0 Å². The average molecular weight is 653 g/mol. The van der Waals surface area contributed by atoms with Gasteiger partial charge in [0, 0.05) is 45.7 Å². The topological polar surface area (TPSA) is 76.7 Å². The number of piperidine rings is 3. The van der Waals surface area contributed by atoms with Crippen molar-refractivity contribution in [2.45, 2.75) is 140 Å². The monoisotopic (exact) mass is 653 g/mol. The molecule has 6 rings (SSSR count). The molecule has 3 N–H and O–H groups in total. The van der Waals surface area contributed by atoms with Gasteiger partial charge in [0.2, 0.25) is 0 Å². The van der Waals surface area contributed by atoms with E-state index in [0.717, 1.165) is 24.7 Å². The highest BCUT2D eigenvalue weighted by Gasteiger charge is 2.31. The van der Waals surface area contributed by atoms with E-state index in [9.17, 15) is 0 Å². The molecule has 1 aromatic heterocycles. The zero-order chi connectivity index (χ0) is 33.5. The van der Waals surface area contributed by atoms with Crippen LogP contribution in [0.25, 0.3) is 0 Å². The van der Waals surface area contributed by atoms with E-state index in [1.165, 1.54) is 102 Å². The predicted octanol–water partition coefficient (Wildman–Crippen LogP) is 8.18. The molecule has 3 saturated heterocycles. The summed E-state index contributed by atoms with van der Waals surface area (Å²) >= 11 is 0. The molecule has 266 valence electrons. The van der Waals surface area contributed by atoms with Crippen molar-refractivity contribution >= 4 is 0 Å². The Morgan fingerprint density at radius 1 is 0.553 bits per heavy atom. The number of rotatable bonds is 9. The van der Waals surface area contributed by atoms with Crippen LogP contribution in [0, 0.1) is 5.92 Å². The third-order valence-corrected chi connectivity index (χ3v) is 10.2. The average Bonchev–Trinajstić information content (AvgIpc) is 3.17. The molecule has 0 amide bonds. The quantitative estimate of drug-likeness (QED) is 0.252. The largest absolute Gasteiger partial charge is 0.380 e. The summed E-state index contributed by atoms with van der Waals surface area (Å²) in [5.74, 6) is 0.819. The van der Waals surface area contributed by atoms with Crippen molar-refractivity contribution in [3.05, 3.63) is 66.0 Å². The first-order chi connectivity index (χ1) is 23.2. The maximum atomic E-state index is 5.77. The fourth-order valence-electron chi connectivity index (χ4n) is 7.79. The minimum absolute atomic E-state index is 0.0894. The van der Waals surface area contributed by atoms with Crippen LogP contribution in [0.15, 0.2) is 54.7 Å². The van der Waals surface area contributed by atoms with E-state index in [2.05, 4.69) is 45.2 Å². The SMILES string of the molecule is CC.COC(C1CCCCC1)C1CCCCN1.COC(c1ccccc1)C1CCCCN1.COC(c1ccccn1)C1CCCCN1. The van der Waals surface area contributed by atoms with E-state index in [4.69, 9.17) is 14.2 Å². The second kappa shape index (κ2) is 24.3. The van der Waals surface area contributed by atoms with E-state index in [0.29, 0.717) is 24.2 Å². The number of hydrogen-bond acceptors (Lipinski definition) is 7. The third-order valence-electron chi connectivity index (χ3n) is 10.2. The summed E-state index contributed by atoms with van der Waals surface area (Å²) in [7, 11) is 5.46. The van der Waals surface area contributed by atoms with Crippen molar-refractivity contribution in [3.8, 4) is 0 Å². The van der Waals surface area contributed by atoms with Crippen LogP contribution in [-0.2, 0) is 14.2 Å². The maximum absolute atomic E-state index is 5.77. The number of nitrogens with zero attached hydrogens (tertiary/aromatic N) is 1. The van der Waals surface area contributed by atoms with Crippen LogP contribution < -0.4 is 16.0 Å². The first-order valence-corrected chi connectivity index (χ1v) is 19.0. The summed E-state index contributed by atoms with van der Waals surface area (Å²) in [6.07, 6.45) is 21.2. The molecule has 4 heterocycles. The second-order valence-corrected chi connectivity index (χ2v) is 13.2. The van der Waals surface area contributed by atoms with Crippen molar-refractivity contribution in [1.29, 1.82) is 0 Å². The van der Waals surface area contributed by atoms with Gasteiger partial charge in [-0.05, 0) is 94.6 Å². The van der Waals surface area contributed by atoms with Crippen LogP contribution in [0.1, 0.15) is 127 Å². The molecule has 6 atom stereocenters. The smallest absolute Gasteiger partial charge is 0.114 e. The van der Waals surface area contributed by atoms with E-state index in [1.807, 2.05) is 51.4 Å². The molecule has 7 nitrogen and oxygen atoms in total. The third kappa shape index (κ3) is 13.5. The molecular weight excluding hydrogens is 584 g/mol. The summed E-state index contributed by atoms with van der Waals surface area (Å²) in [4.78, 5) is 4.36. The normalized spacial score (nSPS) is 25.3. The lowest BCUT2D eigenvalue weighted by molar-refractivity contribution is 0.00173. The Labute approximate surface area is 287 Å². The van der Waals surface area contributed by atoms with Gasteiger partial charge in [-0.3, -0.25) is 4.98 Å². The number of hydrogen-bond donors (Lipinski definition) is 3. The second-order valence-electron chi connectivity index (χ2n) is 13.2. The van der Waals surface area contributed by atoms with Crippen LogP contribution in [0.4, 0.5) is 0 Å². The molecule has 1 aromatic carbocycles. The highest BCUT2D eigenvalue weighted by molar-refractivity contribution is 5.19. The molecule has 4 aliphatic rings. The Hall–Kier alpha value is -1.87. The van der Waals surface area contributed by atoms with Gasteiger partial charge < -0.3 is 30.2 Å². The fourth-order valence-corrected chi connectivity index (χ4v) is 7.79. The van der Waals surface area contributed by atoms with Gasteiger partial charge in [0.1, 0.15) is 6.10 Å². The molecule has 47 heavy (non-hydrogen) atoms. The van der Waals surface area contributed by atoms with Gasteiger partial charge in [-0.2, -0.15) is 0 Å². The number of pyridine rings is 1. The predicted molar refractivity (Wildman–Crippen MR) is 196 cm³/mol. The van der Waals surface area contributed by atoms with Gasteiger partial charge >= 0.3 is 0 Å². The minimum atomic E-state index is 0.0894. The zero-order valence-electron chi connectivity index (χ0n) is 30.4. The lowest BCUT2D eigenvalue weighted by Gasteiger charge is -2.37. The molecule has 3 aliphatic heterocycles. The lowest BCUT2D eigenvalue weighted by atomic mass is 9.81. The van der Waals surface area contributed by atoms with Crippen LogP contribution >= 0.6 is 0 Å². The van der Waals surface area contributed by atoms with Gasteiger partial charge in [-0.1, -0.05) is 88.8 Å². The van der Waals surface area contributed by atoms with Gasteiger partial charge in [0.05, 0.1) is 17.9 Å². The number of nitrogens with one attached hydrogen (secondary N) is 3. The Morgan fingerprint density at radius 2 is 1.06 bits per heavy atom. The molecule has 1 aliphatic carbocycles. The molecular formula is C40H68N4O3. The van der Waals surface area contributed by atoms with Crippen molar-refractivity contribution in [3.63, 3.8) is 0 Å². The van der Waals surface area contributed by atoms with Gasteiger partial charge in [0.15, 0.2) is 0 Å². The standard InChI is InChI=1S/C13H25NO.C13H19NO.C12H18N2O.C2H6/c2*1-15-13(11-7-3-2-4-8-11)12-9-5-6-10-14-12;1-15-12(10-6-2-4-8-13-10)11-7-3-5-9-14-11;1-2/h11-14H,2-10H2,1H3;2-4,7-8,12-14H,5-6,9-10H2,1H3;2,4,6,8,11-12,14H,3,5,7,9H2,1H3;1-2H3. The van der Waals surface area contributed by atoms with Crippen molar-refractivity contribution in [2.24, 2.45) is 5.92 Å². The van der Waals surface area contributed by atoms with Crippen LogP contribution in [-0.4, -0.2) is 70.2 Å². The van der Waals surface area contributed by atoms with Crippen molar-refractivity contribution < 1.29 is 14.2 Å². The molecule has 1 saturated carbocycles. The van der Waals surface area contributed by atoms with Gasteiger partial charge in [-0.15, -0.1) is 0 Å². The van der Waals surface area contributed by atoms with Gasteiger partial charge in [-0.25, -0.2) is 0 Å². The first-order valence-electron chi connectivity index (χ1n) is 19.0. The Bertz CT molecular complexity index is 910. The highest BCUT2D eigenvalue weighted by Crippen LogP contribution is 2.31. The van der Waals surface area contributed by atoms with Crippen LogP contribution in [0.3, 0.4) is 0 Å². The molecule has 2 aromatic rings. The molecule has 0 bridgehead atoms. The van der Waals surface area contributed by atoms with E-state index in [1.54, 1.807) is 14.2 Å². The van der Waals surface area contributed by atoms with Gasteiger partial charge in [0.25, 0.3) is 0 Å². The summed E-state index contributed by atoms with van der Waals surface area (Å²) in [5.41, 5.74) is 2.30. The molecule has 6 unspecified atom stereocenters. The molecule has 4 fully saturated rings. The lowest BCUT2D eigenvalue weighted by Crippen LogP contribution is -2.47. The number of benzene rings is 1. The first kappa shape index (κ1) is 39.6. The van der Waals surface area contributed by atoms with Crippen LogP contribution in [0.5, 0.6) is 0 Å². The van der Waals surface area contributed by atoms with Crippen LogP contribution in [0.2, 0.25) is 0 Å². The molecule has 0 spiro atoms. The summed E-state index contributed by atoms with van der Waals surface area (Å²) in [6, 6.07) is 18.0. The van der Waals surface area contributed by atoms with E-state index in [-0.39, 0.29) is 12.2 Å². The number of methoxy groups -OCH3 is 3.